The Morgan fingerprint density at radius 1 is 1.33 bits per heavy atom. The molecule has 0 unspecified atom stereocenters. The maximum Gasteiger partial charge on any atom is 0.331 e. The number of carbonyl (C=O) groups is 1. The lowest BCUT2D eigenvalue weighted by Crippen LogP contribution is -2.41. The van der Waals surface area contributed by atoms with E-state index in [2.05, 4.69) is 25.2 Å². The number of carbonyl (C=O) groups excluding carboxylic acids is 1. The van der Waals surface area contributed by atoms with Gasteiger partial charge < -0.3 is 10.1 Å². The smallest absolute Gasteiger partial charge is 0.331 e. The fourth-order valence-corrected chi connectivity index (χ4v) is 1.81. The van der Waals surface area contributed by atoms with Gasteiger partial charge in [-0.25, -0.2) is 4.79 Å². The second-order valence-corrected chi connectivity index (χ2v) is 5.21. The minimum atomic E-state index is -0.721. The van der Waals surface area contributed by atoms with Crippen LogP contribution in [0.3, 0.4) is 0 Å². The van der Waals surface area contributed by atoms with Crippen LogP contribution < -0.4 is 5.32 Å². The molecule has 1 N–H and O–H groups in total. The lowest BCUT2D eigenvalue weighted by molar-refractivity contribution is -0.147. The normalized spacial score (nSPS) is 11.4. The van der Waals surface area contributed by atoms with Gasteiger partial charge in [0.2, 0.25) is 0 Å². The molecule has 0 heterocycles. The number of ether oxygens (including phenoxy) is 1. The third-order valence-electron chi connectivity index (χ3n) is 2.82. The molecule has 1 rings (SSSR count). The number of benzene rings is 1. The number of esters is 1. The minimum absolute atomic E-state index is 0.233. The molecule has 0 fully saturated rings. The maximum atomic E-state index is 11.9. The molecule has 100 valence electrons. The van der Waals surface area contributed by atoms with Crippen LogP contribution in [0.2, 0.25) is 0 Å². The molecule has 0 aromatic heterocycles. The quantitative estimate of drug-likeness (QED) is 0.811. The molecule has 0 aliphatic heterocycles. The highest BCUT2D eigenvalue weighted by Gasteiger charge is 2.29. The van der Waals surface area contributed by atoms with Gasteiger partial charge in [0.15, 0.2) is 0 Å². The first-order chi connectivity index (χ1) is 8.38. The van der Waals surface area contributed by atoms with E-state index in [0.717, 1.165) is 5.69 Å². The zero-order valence-electron chi connectivity index (χ0n) is 11.9. The zero-order valence-corrected chi connectivity index (χ0v) is 11.9. The van der Waals surface area contributed by atoms with Gasteiger partial charge in [0.1, 0.15) is 5.54 Å². The van der Waals surface area contributed by atoms with E-state index in [1.807, 2.05) is 39.0 Å². The van der Waals surface area contributed by atoms with Crippen LogP contribution in [0.1, 0.15) is 46.1 Å². The van der Waals surface area contributed by atoms with Crippen LogP contribution in [0.25, 0.3) is 0 Å². The molecule has 1 aromatic carbocycles. The Hall–Kier alpha value is -1.51. The van der Waals surface area contributed by atoms with Crippen LogP contribution in [-0.2, 0) is 9.53 Å². The largest absolute Gasteiger partial charge is 0.464 e. The highest BCUT2D eigenvalue weighted by molar-refractivity contribution is 5.83. The second kappa shape index (κ2) is 5.89. The summed E-state index contributed by atoms with van der Waals surface area (Å²) >= 11 is 0. The average molecular weight is 249 g/mol. The Morgan fingerprint density at radius 2 is 1.94 bits per heavy atom. The number of rotatable bonds is 5. The van der Waals surface area contributed by atoms with Gasteiger partial charge in [0.25, 0.3) is 0 Å². The molecule has 0 radical (unpaired) electrons. The molecule has 0 spiro atoms. The van der Waals surface area contributed by atoms with E-state index in [1.54, 1.807) is 0 Å². The van der Waals surface area contributed by atoms with Crippen molar-refractivity contribution >= 4 is 11.7 Å². The minimum Gasteiger partial charge on any atom is -0.464 e. The van der Waals surface area contributed by atoms with E-state index in [4.69, 9.17) is 4.74 Å². The Kier molecular flexibility index (Phi) is 4.76. The molecule has 18 heavy (non-hydrogen) atoms. The highest BCUT2D eigenvalue weighted by Crippen LogP contribution is 2.26. The first-order valence-electron chi connectivity index (χ1n) is 6.42. The summed E-state index contributed by atoms with van der Waals surface area (Å²) in [7, 11) is 0. The Bertz CT molecular complexity index is 411. The molecule has 0 amide bonds. The van der Waals surface area contributed by atoms with Crippen molar-refractivity contribution in [2.75, 3.05) is 11.9 Å². The van der Waals surface area contributed by atoms with Crippen molar-refractivity contribution in [2.24, 2.45) is 0 Å². The number of anilines is 1. The lowest BCUT2D eigenvalue weighted by Gasteiger charge is -2.27. The molecular weight excluding hydrogens is 226 g/mol. The van der Waals surface area contributed by atoms with Crippen molar-refractivity contribution in [3.8, 4) is 0 Å². The van der Waals surface area contributed by atoms with E-state index >= 15 is 0 Å². The summed E-state index contributed by atoms with van der Waals surface area (Å²) in [5.74, 6) is 0.176. The fraction of sp³-hybridized carbons (Fsp3) is 0.533. The van der Waals surface area contributed by atoms with Crippen LogP contribution in [0, 0.1) is 0 Å². The van der Waals surface area contributed by atoms with E-state index < -0.39 is 5.54 Å². The molecule has 0 aliphatic rings. The van der Waals surface area contributed by atoms with Gasteiger partial charge >= 0.3 is 5.97 Å². The molecule has 0 saturated carbocycles. The van der Waals surface area contributed by atoms with Gasteiger partial charge in [-0.05, 0) is 38.3 Å². The summed E-state index contributed by atoms with van der Waals surface area (Å²) in [6.07, 6.45) is 0. The second-order valence-electron chi connectivity index (χ2n) is 5.21. The van der Waals surface area contributed by atoms with Crippen molar-refractivity contribution < 1.29 is 9.53 Å². The summed E-state index contributed by atoms with van der Waals surface area (Å²) in [5.41, 5.74) is 1.47. The van der Waals surface area contributed by atoms with Gasteiger partial charge in [0, 0.05) is 5.69 Å². The number of para-hydroxylation sites is 1. The summed E-state index contributed by atoms with van der Waals surface area (Å²) in [6, 6.07) is 8.05. The SMILES string of the molecule is CCOC(=O)C(C)(C)Nc1ccccc1C(C)C. The molecule has 3 nitrogen and oxygen atoms in total. The van der Waals surface area contributed by atoms with Crippen molar-refractivity contribution in [1.82, 2.24) is 0 Å². The fourth-order valence-electron chi connectivity index (χ4n) is 1.81. The van der Waals surface area contributed by atoms with E-state index in [-0.39, 0.29) is 5.97 Å². The summed E-state index contributed by atoms with van der Waals surface area (Å²) in [6.45, 7) is 10.2. The van der Waals surface area contributed by atoms with Crippen LogP contribution in [0.15, 0.2) is 24.3 Å². The molecule has 1 aromatic rings. The van der Waals surface area contributed by atoms with Crippen molar-refractivity contribution in [3.63, 3.8) is 0 Å². The monoisotopic (exact) mass is 249 g/mol. The van der Waals surface area contributed by atoms with Gasteiger partial charge in [-0.3, -0.25) is 0 Å². The molecule has 0 aliphatic carbocycles. The number of hydrogen-bond donors (Lipinski definition) is 1. The summed E-state index contributed by atoms with van der Waals surface area (Å²) in [5, 5.41) is 3.28. The molecule has 0 bridgehead atoms. The van der Waals surface area contributed by atoms with E-state index in [1.165, 1.54) is 5.56 Å². The lowest BCUT2D eigenvalue weighted by atomic mass is 9.98. The molecular formula is C15H23NO2. The van der Waals surface area contributed by atoms with Gasteiger partial charge in [-0.2, -0.15) is 0 Å². The van der Waals surface area contributed by atoms with Crippen LogP contribution in [-0.4, -0.2) is 18.1 Å². The predicted octanol–water partition coefficient (Wildman–Crippen LogP) is 3.56. The van der Waals surface area contributed by atoms with Crippen molar-refractivity contribution in [1.29, 1.82) is 0 Å². The van der Waals surface area contributed by atoms with E-state index in [0.29, 0.717) is 12.5 Å². The number of nitrogens with one attached hydrogen (secondary N) is 1. The Balaban J connectivity index is 2.93. The standard InChI is InChI=1S/C15H23NO2/c1-6-18-14(17)15(4,5)16-13-10-8-7-9-12(13)11(2)3/h7-11,16H,6H2,1-5H3. The summed E-state index contributed by atoms with van der Waals surface area (Å²) < 4.78 is 5.08. The van der Waals surface area contributed by atoms with Crippen molar-refractivity contribution in [2.45, 2.75) is 46.1 Å². The Labute approximate surface area is 110 Å². The van der Waals surface area contributed by atoms with Crippen LogP contribution in [0.5, 0.6) is 0 Å². The van der Waals surface area contributed by atoms with E-state index in [9.17, 15) is 4.79 Å². The van der Waals surface area contributed by atoms with Crippen LogP contribution in [0.4, 0.5) is 5.69 Å². The Morgan fingerprint density at radius 3 is 2.50 bits per heavy atom. The zero-order chi connectivity index (χ0) is 13.8. The molecule has 0 atom stereocenters. The third kappa shape index (κ3) is 3.49. The molecule has 0 saturated heterocycles. The first-order valence-corrected chi connectivity index (χ1v) is 6.42. The third-order valence-corrected chi connectivity index (χ3v) is 2.82. The van der Waals surface area contributed by atoms with Gasteiger partial charge in [-0.1, -0.05) is 32.0 Å². The van der Waals surface area contributed by atoms with Crippen LogP contribution >= 0.6 is 0 Å². The maximum absolute atomic E-state index is 11.9. The predicted molar refractivity (Wildman–Crippen MR) is 74.9 cm³/mol. The number of hydrogen-bond acceptors (Lipinski definition) is 3. The highest BCUT2D eigenvalue weighted by atomic mass is 16.5. The van der Waals surface area contributed by atoms with Crippen molar-refractivity contribution in [3.05, 3.63) is 29.8 Å². The topological polar surface area (TPSA) is 38.3 Å². The van der Waals surface area contributed by atoms with Gasteiger partial charge in [0.05, 0.1) is 6.61 Å². The average Bonchev–Trinajstić information content (AvgIpc) is 2.29. The molecule has 3 heteroatoms. The summed E-state index contributed by atoms with van der Waals surface area (Å²) in [4.78, 5) is 11.9. The first kappa shape index (κ1) is 14.6. The van der Waals surface area contributed by atoms with Gasteiger partial charge in [-0.15, -0.1) is 0 Å².